The van der Waals surface area contributed by atoms with Gasteiger partial charge in [0, 0.05) is 12.1 Å². The van der Waals surface area contributed by atoms with Crippen LogP contribution in [-0.2, 0) is 9.84 Å². The lowest BCUT2D eigenvalue weighted by Crippen LogP contribution is -2.25. The van der Waals surface area contributed by atoms with Crippen molar-refractivity contribution in [2.45, 2.75) is 37.8 Å². The molecule has 8 heteroatoms. The zero-order valence-corrected chi connectivity index (χ0v) is 16.8. The summed E-state index contributed by atoms with van der Waals surface area (Å²) in [6.45, 7) is 6.80. The molecule has 0 radical (unpaired) electrons. The Balaban J connectivity index is 1.83. The second-order valence-electron chi connectivity index (χ2n) is 6.49. The fourth-order valence-electron chi connectivity index (χ4n) is 2.61. The number of halogens is 2. The maximum absolute atomic E-state index is 12.5. The van der Waals surface area contributed by atoms with Gasteiger partial charge in [-0.1, -0.05) is 6.07 Å². The number of alkyl halides is 2. The van der Waals surface area contributed by atoms with Crippen LogP contribution in [0.3, 0.4) is 0 Å². The van der Waals surface area contributed by atoms with Gasteiger partial charge in [0.2, 0.25) is 9.84 Å². The zero-order chi connectivity index (χ0) is 20.9. The Morgan fingerprint density at radius 2 is 1.75 bits per heavy atom. The number of hydrogen-bond donors (Lipinski definition) is 1. The predicted molar refractivity (Wildman–Crippen MR) is 103 cm³/mol. The number of aryl methyl sites for hydroxylation is 2. The molecule has 0 fully saturated rings. The molecule has 5 nitrogen and oxygen atoms in total. The third kappa shape index (κ3) is 5.28. The first-order chi connectivity index (χ1) is 13.1. The maximum atomic E-state index is 12.5. The van der Waals surface area contributed by atoms with Crippen LogP contribution < -0.4 is 10.1 Å². The van der Waals surface area contributed by atoms with Crippen molar-refractivity contribution in [3.8, 4) is 5.75 Å². The van der Waals surface area contributed by atoms with Crippen molar-refractivity contribution < 1.29 is 26.7 Å². The normalized spacial score (nSPS) is 11.5. The summed E-state index contributed by atoms with van der Waals surface area (Å²) in [5.74, 6) is -3.09. The smallest absolute Gasteiger partial charge is 0.341 e. The molecule has 2 aromatic rings. The average molecular weight is 411 g/mol. The van der Waals surface area contributed by atoms with Gasteiger partial charge < -0.3 is 10.1 Å². The number of sulfone groups is 1. The second-order valence-corrected chi connectivity index (χ2v) is 8.41. The number of amides is 1. The van der Waals surface area contributed by atoms with Gasteiger partial charge in [-0.2, -0.15) is 8.78 Å². The van der Waals surface area contributed by atoms with Crippen molar-refractivity contribution in [1.82, 2.24) is 5.32 Å². The van der Waals surface area contributed by atoms with Gasteiger partial charge >= 0.3 is 5.76 Å². The minimum absolute atomic E-state index is 0.194. The summed E-state index contributed by atoms with van der Waals surface area (Å²) in [4.78, 5) is 11.5. The summed E-state index contributed by atoms with van der Waals surface area (Å²) >= 11 is 0. The fourth-order valence-corrected chi connectivity index (χ4v) is 3.33. The first kappa shape index (κ1) is 21.8. The minimum Gasteiger partial charge on any atom is -0.493 e. The number of carbonyl (C=O) groups is 1. The number of ether oxygens (including phenoxy) is 1. The van der Waals surface area contributed by atoms with Crippen LogP contribution in [0, 0.1) is 20.8 Å². The average Bonchev–Trinajstić information content (AvgIpc) is 2.64. The van der Waals surface area contributed by atoms with Crippen molar-refractivity contribution >= 4 is 15.7 Å². The van der Waals surface area contributed by atoms with E-state index in [1.54, 1.807) is 0 Å². The molecule has 0 saturated heterocycles. The summed E-state index contributed by atoms with van der Waals surface area (Å²) < 4.78 is 53.5. The molecule has 2 rings (SSSR count). The lowest BCUT2D eigenvalue weighted by molar-refractivity contribution is 0.0951. The Labute approximate surface area is 163 Å². The van der Waals surface area contributed by atoms with E-state index >= 15 is 0 Å². The van der Waals surface area contributed by atoms with Crippen molar-refractivity contribution in [3.63, 3.8) is 0 Å². The van der Waals surface area contributed by atoms with Gasteiger partial charge in [0.15, 0.2) is 0 Å². The summed E-state index contributed by atoms with van der Waals surface area (Å²) in [6.07, 6.45) is 0.579. The van der Waals surface area contributed by atoms with Crippen molar-refractivity contribution in [2.75, 3.05) is 13.2 Å². The molecule has 0 bridgehead atoms. The van der Waals surface area contributed by atoms with Crippen LogP contribution in [0.1, 0.15) is 33.5 Å². The summed E-state index contributed by atoms with van der Waals surface area (Å²) in [7, 11) is -4.66. The molecule has 28 heavy (non-hydrogen) atoms. The van der Waals surface area contributed by atoms with E-state index in [1.165, 1.54) is 12.1 Å². The number of benzene rings is 2. The number of carbonyl (C=O) groups excluding carboxylic acids is 1. The summed E-state index contributed by atoms with van der Waals surface area (Å²) in [5.41, 5.74) is 3.54. The van der Waals surface area contributed by atoms with E-state index < -0.39 is 26.4 Å². The molecule has 0 heterocycles. The van der Waals surface area contributed by atoms with Crippen LogP contribution in [0.15, 0.2) is 41.3 Å². The standard InChI is InChI=1S/C20H23F2NO4S/c1-13-11-14(2)15(3)18(12-13)27-10-4-9-23-19(24)16-5-7-17(8-6-16)28(25,26)20(21)22/h5-8,11-12,20H,4,9-10H2,1-3H3,(H,23,24). The first-order valence-electron chi connectivity index (χ1n) is 8.74. The Morgan fingerprint density at radius 1 is 1.11 bits per heavy atom. The molecule has 0 unspecified atom stereocenters. The largest absolute Gasteiger partial charge is 0.493 e. The fraction of sp³-hybridized carbons (Fsp3) is 0.350. The molecule has 0 saturated carbocycles. The van der Waals surface area contributed by atoms with Crippen molar-refractivity contribution in [3.05, 3.63) is 58.7 Å². The monoisotopic (exact) mass is 411 g/mol. The van der Waals surface area contributed by atoms with E-state index in [4.69, 9.17) is 4.74 Å². The van der Waals surface area contributed by atoms with Gasteiger partial charge in [0.05, 0.1) is 11.5 Å². The van der Waals surface area contributed by atoms with Gasteiger partial charge in [-0.15, -0.1) is 0 Å². The van der Waals surface area contributed by atoms with E-state index in [-0.39, 0.29) is 5.56 Å². The van der Waals surface area contributed by atoms with Gasteiger partial charge in [-0.05, 0) is 74.2 Å². The molecule has 0 atom stereocenters. The molecule has 1 amide bonds. The Bertz CT molecular complexity index is 941. The predicted octanol–water partition coefficient (Wildman–Crippen LogP) is 3.81. The minimum atomic E-state index is -4.66. The van der Waals surface area contributed by atoms with Crippen LogP contribution in [0.25, 0.3) is 0 Å². The maximum Gasteiger partial charge on any atom is 0.341 e. The Morgan fingerprint density at radius 3 is 2.36 bits per heavy atom. The molecule has 0 aliphatic rings. The molecular weight excluding hydrogens is 388 g/mol. The van der Waals surface area contributed by atoms with E-state index in [9.17, 15) is 22.0 Å². The van der Waals surface area contributed by atoms with Gasteiger partial charge in [-0.3, -0.25) is 4.79 Å². The molecule has 0 spiro atoms. The molecule has 1 N–H and O–H groups in total. The van der Waals surface area contributed by atoms with Crippen LogP contribution in [0.2, 0.25) is 0 Å². The molecule has 0 aliphatic heterocycles. The van der Waals surface area contributed by atoms with Crippen LogP contribution >= 0.6 is 0 Å². The lowest BCUT2D eigenvalue weighted by atomic mass is 10.1. The topological polar surface area (TPSA) is 72.5 Å². The van der Waals surface area contributed by atoms with Crippen LogP contribution in [0.4, 0.5) is 8.78 Å². The van der Waals surface area contributed by atoms with Gasteiger partial charge in [-0.25, -0.2) is 8.42 Å². The Kier molecular flexibility index (Phi) is 7.12. The highest BCUT2D eigenvalue weighted by molar-refractivity contribution is 7.91. The number of nitrogens with one attached hydrogen (secondary N) is 1. The first-order valence-corrected chi connectivity index (χ1v) is 10.3. The van der Waals surface area contributed by atoms with Crippen molar-refractivity contribution in [1.29, 1.82) is 0 Å². The third-order valence-electron chi connectivity index (χ3n) is 4.31. The third-order valence-corrected chi connectivity index (χ3v) is 5.71. The highest BCUT2D eigenvalue weighted by atomic mass is 32.2. The van der Waals surface area contributed by atoms with Crippen LogP contribution in [0.5, 0.6) is 5.75 Å². The Hall–Kier alpha value is -2.48. The zero-order valence-electron chi connectivity index (χ0n) is 16.0. The number of hydrogen-bond acceptors (Lipinski definition) is 4. The molecule has 152 valence electrons. The van der Waals surface area contributed by atoms with E-state index in [0.717, 1.165) is 34.6 Å². The number of rotatable bonds is 8. The second kappa shape index (κ2) is 9.14. The van der Waals surface area contributed by atoms with Gasteiger partial charge in [0.1, 0.15) is 5.75 Å². The van der Waals surface area contributed by atoms with Crippen molar-refractivity contribution in [2.24, 2.45) is 0 Å². The van der Waals surface area contributed by atoms with Gasteiger partial charge in [0.25, 0.3) is 5.91 Å². The van der Waals surface area contributed by atoms with Crippen LogP contribution in [-0.4, -0.2) is 33.2 Å². The van der Waals surface area contributed by atoms with E-state index in [2.05, 4.69) is 11.4 Å². The molecule has 2 aromatic carbocycles. The SMILES string of the molecule is Cc1cc(C)c(C)c(OCCCNC(=O)c2ccc(S(=O)(=O)C(F)F)cc2)c1. The van der Waals surface area contributed by atoms with E-state index in [0.29, 0.717) is 19.6 Å². The summed E-state index contributed by atoms with van der Waals surface area (Å²) in [6, 6.07) is 8.47. The molecule has 0 aromatic heterocycles. The highest BCUT2D eigenvalue weighted by Gasteiger charge is 2.26. The lowest BCUT2D eigenvalue weighted by Gasteiger charge is -2.12. The quantitative estimate of drug-likeness (QED) is 0.671. The molecule has 0 aliphatic carbocycles. The summed E-state index contributed by atoms with van der Waals surface area (Å²) in [5, 5.41) is 2.69. The van der Waals surface area contributed by atoms with E-state index in [1.807, 2.05) is 26.8 Å². The molecular formula is C20H23F2NO4S. The highest BCUT2D eigenvalue weighted by Crippen LogP contribution is 2.23.